The van der Waals surface area contributed by atoms with Crippen molar-refractivity contribution in [3.05, 3.63) is 52.5 Å². The van der Waals surface area contributed by atoms with Crippen LogP contribution in [-0.4, -0.2) is 41.7 Å². The van der Waals surface area contributed by atoms with Crippen LogP contribution >= 0.6 is 11.3 Å². The summed E-state index contributed by atoms with van der Waals surface area (Å²) in [5.41, 5.74) is 6.79. The van der Waals surface area contributed by atoms with Crippen molar-refractivity contribution in [3.63, 3.8) is 0 Å². The van der Waals surface area contributed by atoms with E-state index in [1.54, 1.807) is 17.4 Å². The quantitative estimate of drug-likeness (QED) is 0.759. The number of allylic oxidation sites excluding steroid dienone is 1. The molecule has 0 saturated carbocycles. The molecular formula is C20H23N5OS. The third-order valence-corrected chi connectivity index (χ3v) is 6.63. The molecule has 1 amide bonds. The lowest BCUT2D eigenvalue weighted by Crippen LogP contribution is -2.53. The third kappa shape index (κ3) is 3.16. The maximum Gasteiger partial charge on any atom is 0.247 e. The smallest absolute Gasteiger partial charge is 0.247 e. The Morgan fingerprint density at radius 3 is 2.78 bits per heavy atom. The average molecular weight is 382 g/mol. The van der Waals surface area contributed by atoms with Gasteiger partial charge in [-0.1, -0.05) is 30.3 Å². The van der Waals surface area contributed by atoms with Crippen molar-refractivity contribution in [1.82, 2.24) is 26.1 Å². The summed E-state index contributed by atoms with van der Waals surface area (Å²) in [6.45, 7) is 2.81. The van der Waals surface area contributed by atoms with Crippen molar-refractivity contribution < 1.29 is 4.79 Å². The minimum atomic E-state index is -0.0674. The second-order valence-electron chi connectivity index (χ2n) is 7.32. The van der Waals surface area contributed by atoms with Gasteiger partial charge in [-0.05, 0) is 25.9 Å². The molecule has 0 aliphatic carbocycles. The first-order valence-electron chi connectivity index (χ1n) is 9.56. The summed E-state index contributed by atoms with van der Waals surface area (Å²) in [5.74, 6) is 0.599. The molecule has 0 bridgehead atoms. The van der Waals surface area contributed by atoms with Crippen molar-refractivity contribution in [2.75, 3.05) is 19.6 Å². The molecule has 140 valence electrons. The van der Waals surface area contributed by atoms with Gasteiger partial charge in [-0.15, -0.1) is 11.3 Å². The lowest BCUT2D eigenvalue weighted by atomic mass is 9.92. The van der Waals surface area contributed by atoms with Gasteiger partial charge < -0.3 is 10.6 Å². The summed E-state index contributed by atoms with van der Waals surface area (Å²) in [4.78, 5) is 17.3. The van der Waals surface area contributed by atoms with E-state index in [0.717, 1.165) is 54.4 Å². The number of aromatic nitrogens is 1. The van der Waals surface area contributed by atoms with Crippen molar-refractivity contribution in [2.24, 2.45) is 5.92 Å². The van der Waals surface area contributed by atoms with E-state index >= 15 is 0 Å². The van der Waals surface area contributed by atoms with Gasteiger partial charge in [-0.2, -0.15) is 0 Å². The summed E-state index contributed by atoms with van der Waals surface area (Å²) in [6, 6.07) is 10.2. The van der Waals surface area contributed by atoms with E-state index in [2.05, 4.69) is 38.6 Å². The van der Waals surface area contributed by atoms with Gasteiger partial charge in [0.15, 0.2) is 0 Å². The zero-order chi connectivity index (χ0) is 18.2. The van der Waals surface area contributed by atoms with Crippen molar-refractivity contribution >= 4 is 17.2 Å². The van der Waals surface area contributed by atoms with Crippen molar-refractivity contribution in [3.8, 4) is 11.3 Å². The number of carbonyl (C=O) groups excluding carboxylic acids is 1. The number of nitrogens with one attached hydrogen (secondary N) is 3. The Bertz CT molecular complexity index is 858. The molecule has 3 aliphatic heterocycles. The molecule has 7 heteroatoms. The van der Waals surface area contributed by atoms with Crippen LogP contribution in [0.15, 0.2) is 47.5 Å². The summed E-state index contributed by atoms with van der Waals surface area (Å²) >= 11 is 1.68. The van der Waals surface area contributed by atoms with E-state index in [0.29, 0.717) is 5.92 Å². The van der Waals surface area contributed by atoms with Gasteiger partial charge in [-0.25, -0.2) is 10.4 Å². The van der Waals surface area contributed by atoms with Crippen LogP contribution in [0, 0.1) is 5.92 Å². The Labute approximate surface area is 162 Å². The number of benzene rings is 1. The van der Waals surface area contributed by atoms with Gasteiger partial charge in [-0.3, -0.25) is 9.80 Å². The molecule has 6 nitrogen and oxygen atoms in total. The lowest BCUT2D eigenvalue weighted by Gasteiger charge is -2.38. The van der Waals surface area contributed by atoms with E-state index in [1.165, 1.54) is 0 Å². The summed E-state index contributed by atoms with van der Waals surface area (Å²) in [5, 5.41) is 11.9. The molecule has 2 atom stereocenters. The monoisotopic (exact) mass is 381 g/mol. The normalized spacial score (nSPS) is 25.9. The summed E-state index contributed by atoms with van der Waals surface area (Å²) < 4.78 is 0. The highest BCUT2D eigenvalue weighted by Crippen LogP contribution is 2.36. The molecule has 1 aromatic heterocycles. The second kappa shape index (κ2) is 7.07. The molecule has 2 fully saturated rings. The Hall–Kier alpha value is -2.22. The van der Waals surface area contributed by atoms with Gasteiger partial charge in [0.1, 0.15) is 11.2 Å². The van der Waals surface area contributed by atoms with Crippen LogP contribution in [-0.2, 0) is 4.79 Å². The van der Waals surface area contributed by atoms with Gasteiger partial charge in [0.25, 0.3) is 0 Å². The highest BCUT2D eigenvalue weighted by Gasteiger charge is 2.43. The Balaban J connectivity index is 1.40. The first kappa shape index (κ1) is 16.9. The van der Waals surface area contributed by atoms with Crippen LogP contribution in [0.4, 0.5) is 0 Å². The molecule has 2 saturated heterocycles. The first-order valence-corrected chi connectivity index (χ1v) is 10.4. The van der Waals surface area contributed by atoms with Gasteiger partial charge in [0.05, 0.1) is 11.6 Å². The Morgan fingerprint density at radius 1 is 1.15 bits per heavy atom. The molecule has 27 heavy (non-hydrogen) atoms. The van der Waals surface area contributed by atoms with Crippen LogP contribution in [0.2, 0.25) is 0 Å². The van der Waals surface area contributed by atoms with E-state index in [9.17, 15) is 4.79 Å². The number of hydrogen-bond acceptors (Lipinski definition) is 6. The van der Waals surface area contributed by atoms with Crippen LogP contribution in [0.25, 0.3) is 11.3 Å². The number of fused-ring (bicyclic) bond motifs is 1. The topological polar surface area (TPSA) is 69.3 Å². The molecular weight excluding hydrogens is 358 g/mol. The van der Waals surface area contributed by atoms with E-state index in [-0.39, 0.29) is 18.0 Å². The number of hydrogen-bond donors (Lipinski definition) is 3. The fourth-order valence-electron chi connectivity index (χ4n) is 4.25. The predicted molar refractivity (Wildman–Crippen MR) is 106 cm³/mol. The fourth-order valence-corrected chi connectivity index (χ4v) is 5.21. The number of amides is 1. The maximum atomic E-state index is 12.4. The molecule has 2 aromatic rings. The van der Waals surface area contributed by atoms with Crippen LogP contribution in [0.5, 0.6) is 0 Å². The van der Waals surface area contributed by atoms with Gasteiger partial charge >= 0.3 is 0 Å². The fraction of sp³-hybridized carbons (Fsp3) is 0.400. The molecule has 4 heterocycles. The van der Waals surface area contributed by atoms with Crippen molar-refractivity contribution in [2.45, 2.75) is 24.9 Å². The second-order valence-corrected chi connectivity index (χ2v) is 8.21. The lowest BCUT2D eigenvalue weighted by molar-refractivity contribution is -0.119. The van der Waals surface area contributed by atoms with E-state index < -0.39 is 0 Å². The molecule has 1 aromatic carbocycles. The van der Waals surface area contributed by atoms with Crippen LogP contribution < -0.4 is 16.1 Å². The Kier molecular flexibility index (Phi) is 4.43. The number of carbonyl (C=O) groups is 1. The van der Waals surface area contributed by atoms with Crippen LogP contribution in [0.1, 0.15) is 23.8 Å². The first-order chi connectivity index (χ1) is 13.3. The Morgan fingerprint density at radius 2 is 1.96 bits per heavy atom. The molecule has 0 radical (unpaired) electrons. The zero-order valence-corrected chi connectivity index (χ0v) is 15.8. The third-order valence-electron chi connectivity index (χ3n) is 5.65. The van der Waals surface area contributed by atoms with Gasteiger partial charge in [0, 0.05) is 35.2 Å². The van der Waals surface area contributed by atoms with E-state index in [1.807, 2.05) is 18.2 Å². The number of nitrogens with zero attached hydrogens (tertiary/aromatic N) is 2. The van der Waals surface area contributed by atoms with Gasteiger partial charge in [0.2, 0.25) is 5.91 Å². The molecule has 2 unspecified atom stereocenters. The summed E-state index contributed by atoms with van der Waals surface area (Å²) in [6.07, 6.45) is 3.86. The molecule has 5 rings (SSSR count). The minimum absolute atomic E-state index is 0.0123. The highest BCUT2D eigenvalue weighted by molar-refractivity contribution is 7.10. The largest absolute Gasteiger partial charge is 0.330 e. The van der Waals surface area contributed by atoms with E-state index in [4.69, 9.17) is 4.98 Å². The number of hydrazine groups is 1. The predicted octanol–water partition coefficient (Wildman–Crippen LogP) is 2.05. The SMILES string of the molecule is O=C1C=C(C2CCNCC2)N2NCC(c3nc(-c4ccccc4)cs3)C2N1. The molecule has 0 spiro atoms. The summed E-state index contributed by atoms with van der Waals surface area (Å²) in [7, 11) is 0. The van der Waals surface area contributed by atoms with Crippen LogP contribution in [0.3, 0.4) is 0 Å². The average Bonchev–Trinajstić information content (AvgIpc) is 3.35. The maximum absolute atomic E-state index is 12.4. The minimum Gasteiger partial charge on any atom is -0.330 e. The number of rotatable bonds is 3. The number of piperidine rings is 1. The standard InChI is InChI=1S/C20H23N5OS/c26-18-10-17(14-6-8-21-9-7-14)25-19(24-18)15(11-22-25)20-23-16(12-27-20)13-4-2-1-3-5-13/h1-5,10,12,14-15,19,21-22H,6-9,11H2,(H,24,26). The molecule has 3 aliphatic rings. The molecule has 3 N–H and O–H groups in total. The number of thiazole rings is 1. The highest BCUT2D eigenvalue weighted by atomic mass is 32.1. The zero-order valence-electron chi connectivity index (χ0n) is 15.0. The van der Waals surface area contributed by atoms with Crippen molar-refractivity contribution in [1.29, 1.82) is 0 Å².